The van der Waals surface area contributed by atoms with Gasteiger partial charge in [-0.2, -0.15) is 5.10 Å². The number of hydrogen-bond donors (Lipinski definition) is 1. The molecule has 1 N–H and O–H groups in total. The fourth-order valence-electron chi connectivity index (χ4n) is 3.38. The Bertz CT molecular complexity index is 826. The van der Waals surface area contributed by atoms with Crippen LogP contribution in [-0.4, -0.2) is 27.8 Å². The Balaban J connectivity index is 1.87. The zero-order valence-electron chi connectivity index (χ0n) is 14.9. The average molecular weight is 375 g/mol. The molecule has 0 saturated carbocycles. The molecular formula is C20H23ClN2O3. The van der Waals surface area contributed by atoms with Crippen molar-refractivity contribution in [1.29, 1.82) is 0 Å². The van der Waals surface area contributed by atoms with E-state index in [9.17, 15) is 9.90 Å². The molecule has 1 aliphatic rings. The van der Waals surface area contributed by atoms with Gasteiger partial charge in [0.2, 0.25) is 0 Å². The molecule has 0 atom stereocenters. The Hall–Kier alpha value is -2.27. The summed E-state index contributed by atoms with van der Waals surface area (Å²) in [6.45, 7) is 3.41. The Labute approximate surface area is 158 Å². The van der Waals surface area contributed by atoms with Gasteiger partial charge < -0.3 is 9.84 Å². The number of carbonyl (C=O) groups excluding carboxylic acids is 1. The van der Waals surface area contributed by atoms with Gasteiger partial charge >= 0.3 is 0 Å². The topological polar surface area (TPSA) is 64.3 Å². The van der Waals surface area contributed by atoms with Crippen LogP contribution in [0.15, 0.2) is 30.0 Å². The molecule has 5 nitrogen and oxygen atoms in total. The summed E-state index contributed by atoms with van der Waals surface area (Å²) in [6.07, 6.45) is 7.67. The average Bonchev–Trinajstić information content (AvgIpc) is 3.11. The van der Waals surface area contributed by atoms with E-state index in [1.54, 1.807) is 6.07 Å². The van der Waals surface area contributed by atoms with Crippen LogP contribution in [0.1, 0.15) is 55.1 Å². The number of aromatic nitrogens is 2. The van der Waals surface area contributed by atoms with Gasteiger partial charge in [0.15, 0.2) is 6.29 Å². The lowest BCUT2D eigenvalue weighted by molar-refractivity contribution is 0.111. The number of aryl methyl sites for hydroxylation is 1. The van der Waals surface area contributed by atoms with Crippen molar-refractivity contribution >= 4 is 23.5 Å². The van der Waals surface area contributed by atoms with E-state index in [2.05, 4.69) is 18.1 Å². The Kier molecular flexibility index (Phi) is 5.99. The standard InChI is InChI=1S/C20H23ClN2O3/c1-2-11-23-18(9-10-22-23)15-6-4-3-5-14(15)13-26-19-8-7-17(21)20(25)16(19)12-24/h7-10,12,25H,2-6,11,13H2,1H3. The minimum absolute atomic E-state index is 0.0893. The van der Waals surface area contributed by atoms with Gasteiger partial charge in [-0.3, -0.25) is 9.48 Å². The summed E-state index contributed by atoms with van der Waals surface area (Å²) in [6, 6.07) is 5.21. The molecule has 0 fully saturated rings. The largest absolute Gasteiger partial charge is 0.505 e. The molecule has 0 bridgehead atoms. The molecule has 2 aromatic rings. The van der Waals surface area contributed by atoms with E-state index < -0.39 is 0 Å². The van der Waals surface area contributed by atoms with Crippen molar-refractivity contribution in [2.45, 2.75) is 45.6 Å². The summed E-state index contributed by atoms with van der Waals surface area (Å²) in [5.74, 6) is 0.111. The summed E-state index contributed by atoms with van der Waals surface area (Å²) < 4.78 is 7.94. The maximum atomic E-state index is 11.3. The van der Waals surface area contributed by atoms with Crippen molar-refractivity contribution in [3.63, 3.8) is 0 Å². The number of rotatable bonds is 7. The summed E-state index contributed by atoms with van der Waals surface area (Å²) in [7, 11) is 0. The second-order valence-corrected chi connectivity index (χ2v) is 6.85. The van der Waals surface area contributed by atoms with Crippen molar-refractivity contribution < 1.29 is 14.6 Å². The molecule has 0 radical (unpaired) electrons. The van der Waals surface area contributed by atoms with Gasteiger partial charge in [-0.1, -0.05) is 18.5 Å². The van der Waals surface area contributed by atoms with Gasteiger partial charge in [0.05, 0.1) is 16.3 Å². The highest BCUT2D eigenvalue weighted by Gasteiger charge is 2.19. The fourth-order valence-corrected chi connectivity index (χ4v) is 3.55. The predicted molar refractivity (Wildman–Crippen MR) is 102 cm³/mol. The Morgan fingerprint density at radius 2 is 2.12 bits per heavy atom. The highest BCUT2D eigenvalue weighted by atomic mass is 35.5. The van der Waals surface area contributed by atoms with Gasteiger partial charge in [-0.05, 0) is 61.4 Å². The highest BCUT2D eigenvalue weighted by molar-refractivity contribution is 6.32. The molecule has 26 heavy (non-hydrogen) atoms. The first-order valence-corrected chi connectivity index (χ1v) is 9.36. The molecule has 1 heterocycles. The molecule has 0 amide bonds. The number of benzene rings is 1. The summed E-state index contributed by atoms with van der Waals surface area (Å²) in [4.78, 5) is 11.3. The number of halogens is 1. The second-order valence-electron chi connectivity index (χ2n) is 6.44. The van der Waals surface area contributed by atoms with E-state index >= 15 is 0 Å². The molecule has 3 rings (SSSR count). The molecular weight excluding hydrogens is 352 g/mol. The van der Waals surface area contributed by atoms with Crippen LogP contribution in [0.4, 0.5) is 0 Å². The smallest absolute Gasteiger partial charge is 0.157 e. The molecule has 1 aliphatic carbocycles. The highest BCUT2D eigenvalue weighted by Crippen LogP contribution is 2.35. The van der Waals surface area contributed by atoms with Crippen LogP contribution in [0.2, 0.25) is 5.02 Å². The van der Waals surface area contributed by atoms with Gasteiger partial charge in [0.1, 0.15) is 18.1 Å². The third kappa shape index (κ3) is 3.78. The van der Waals surface area contributed by atoms with Crippen LogP contribution in [0, 0.1) is 0 Å². The molecule has 0 spiro atoms. The lowest BCUT2D eigenvalue weighted by atomic mass is 9.90. The number of phenols is 1. The molecule has 0 aliphatic heterocycles. The molecule has 138 valence electrons. The maximum absolute atomic E-state index is 11.3. The van der Waals surface area contributed by atoms with Gasteiger partial charge in [-0.15, -0.1) is 0 Å². The number of carbonyl (C=O) groups is 1. The van der Waals surface area contributed by atoms with Crippen molar-refractivity contribution in [2.24, 2.45) is 0 Å². The first-order chi connectivity index (χ1) is 12.7. The molecule has 6 heteroatoms. The minimum atomic E-state index is -0.238. The number of hydrogen-bond acceptors (Lipinski definition) is 4. The Morgan fingerprint density at radius 1 is 1.31 bits per heavy atom. The van der Waals surface area contributed by atoms with Crippen molar-refractivity contribution in [2.75, 3.05) is 6.61 Å². The van der Waals surface area contributed by atoms with Gasteiger partial charge in [-0.25, -0.2) is 0 Å². The van der Waals surface area contributed by atoms with E-state index in [1.807, 2.05) is 10.9 Å². The number of nitrogens with zero attached hydrogens (tertiary/aromatic N) is 2. The molecule has 0 saturated heterocycles. The summed E-state index contributed by atoms with van der Waals surface area (Å²) in [5, 5.41) is 14.5. The van der Waals surface area contributed by atoms with E-state index in [4.69, 9.17) is 16.3 Å². The van der Waals surface area contributed by atoms with E-state index in [0.29, 0.717) is 18.6 Å². The first-order valence-electron chi connectivity index (χ1n) is 8.98. The van der Waals surface area contributed by atoms with Crippen molar-refractivity contribution in [1.82, 2.24) is 9.78 Å². The fraction of sp³-hybridized carbons (Fsp3) is 0.400. The lowest BCUT2D eigenvalue weighted by Crippen LogP contribution is -2.12. The van der Waals surface area contributed by atoms with Crippen molar-refractivity contribution in [3.05, 3.63) is 46.2 Å². The van der Waals surface area contributed by atoms with Crippen LogP contribution < -0.4 is 4.74 Å². The number of aldehydes is 1. The van der Waals surface area contributed by atoms with Crippen LogP contribution in [0.25, 0.3) is 5.57 Å². The third-order valence-electron chi connectivity index (χ3n) is 4.69. The number of ether oxygens (including phenoxy) is 1. The summed E-state index contributed by atoms with van der Waals surface area (Å²) >= 11 is 5.87. The second kappa shape index (κ2) is 8.41. The minimum Gasteiger partial charge on any atom is -0.505 e. The summed E-state index contributed by atoms with van der Waals surface area (Å²) in [5.41, 5.74) is 3.75. The first kappa shape index (κ1) is 18.5. The lowest BCUT2D eigenvalue weighted by Gasteiger charge is -2.22. The monoisotopic (exact) mass is 374 g/mol. The zero-order chi connectivity index (χ0) is 18.5. The number of allylic oxidation sites excluding steroid dienone is 1. The van der Waals surface area contributed by atoms with E-state index in [-0.39, 0.29) is 16.3 Å². The van der Waals surface area contributed by atoms with Crippen LogP contribution >= 0.6 is 11.6 Å². The molecule has 0 unspecified atom stereocenters. The number of phenolic OH excluding ortho intramolecular Hbond substituents is 1. The van der Waals surface area contributed by atoms with E-state index in [0.717, 1.165) is 44.3 Å². The maximum Gasteiger partial charge on any atom is 0.157 e. The van der Waals surface area contributed by atoms with Gasteiger partial charge in [0, 0.05) is 12.7 Å². The Morgan fingerprint density at radius 3 is 2.88 bits per heavy atom. The van der Waals surface area contributed by atoms with Crippen molar-refractivity contribution in [3.8, 4) is 11.5 Å². The third-order valence-corrected chi connectivity index (χ3v) is 5.00. The van der Waals surface area contributed by atoms with E-state index in [1.165, 1.54) is 17.2 Å². The molecule has 1 aromatic heterocycles. The van der Waals surface area contributed by atoms with Crippen LogP contribution in [0.3, 0.4) is 0 Å². The normalized spacial score (nSPS) is 14.5. The van der Waals surface area contributed by atoms with Crippen LogP contribution in [-0.2, 0) is 6.54 Å². The zero-order valence-corrected chi connectivity index (χ0v) is 15.6. The SMILES string of the molecule is CCCn1nccc1C1=C(COc2ccc(Cl)c(O)c2C=O)CCCC1. The predicted octanol–water partition coefficient (Wildman–Crippen LogP) is 4.87. The quantitative estimate of drug-likeness (QED) is 0.702. The molecule has 1 aromatic carbocycles. The van der Waals surface area contributed by atoms with Crippen LogP contribution in [0.5, 0.6) is 11.5 Å². The number of aromatic hydroxyl groups is 1. The van der Waals surface area contributed by atoms with Gasteiger partial charge in [0.25, 0.3) is 0 Å².